The number of nitrogens with zero attached hydrogens (tertiary/aromatic N) is 2. The van der Waals surface area contributed by atoms with Gasteiger partial charge < -0.3 is 10.6 Å². The van der Waals surface area contributed by atoms with Gasteiger partial charge in [-0.1, -0.05) is 18.2 Å². The van der Waals surface area contributed by atoms with Crippen LogP contribution in [0.25, 0.3) is 11.1 Å². The molecular weight excluding hydrogens is 443 g/mol. The van der Waals surface area contributed by atoms with Gasteiger partial charge in [0.15, 0.2) is 0 Å². The molecule has 0 aliphatic carbocycles. The Bertz CT molecular complexity index is 1130. The second-order valence-electron chi connectivity index (χ2n) is 7.93. The summed E-state index contributed by atoms with van der Waals surface area (Å²) in [6, 6.07) is 6.44. The van der Waals surface area contributed by atoms with E-state index in [4.69, 9.17) is 0 Å². The number of aromatic nitrogens is 2. The predicted octanol–water partition coefficient (Wildman–Crippen LogP) is 4.95. The molecule has 2 aromatic carbocycles. The topological polar surface area (TPSA) is 59.0 Å². The first-order valence-electron chi connectivity index (χ1n) is 10.4. The molecule has 0 spiro atoms. The van der Waals surface area contributed by atoms with Crippen LogP contribution in [0.3, 0.4) is 0 Å². The summed E-state index contributed by atoms with van der Waals surface area (Å²) in [7, 11) is 0. The fraction of sp³-hybridized carbons (Fsp3) is 0.304. The van der Waals surface area contributed by atoms with E-state index in [-0.39, 0.29) is 34.8 Å². The van der Waals surface area contributed by atoms with Crippen LogP contribution < -0.4 is 10.6 Å². The van der Waals surface area contributed by atoms with Crippen LogP contribution in [-0.4, -0.2) is 28.8 Å². The summed E-state index contributed by atoms with van der Waals surface area (Å²) in [6.07, 6.45) is -0.182. The van der Waals surface area contributed by atoms with Crippen LogP contribution in [-0.2, 0) is 17.4 Å². The fourth-order valence-electron chi connectivity index (χ4n) is 3.91. The van der Waals surface area contributed by atoms with Gasteiger partial charge in [0.05, 0.1) is 29.8 Å². The van der Waals surface area contributed by atoms with Crippen molar-refractivity contribution in [3.8, 4) is 11.1 Å². The van der Waals surface area contributed by atoms with E-state index in [1.165, 1.54) is 18.3 Å². The van der Waals surface area contributed by atoms with Gasteiger partial charge in [-0.05, 0) is 49.7 Å². The van der Waals surface area contributed by atoms with Crippen LogP contribution in [0.5, 0.6) is 0 Å². The maximum Gasteiger partial charge on any atom is 0.416 e. The standard InChI is InChI=1S/C23H21F5N4O/c24-19-10-17(31-21(33)9-14-2-1-3-16(8-14)23(26,27)28)11-20(25)22(19)15-12-30-32(13-15)18-4-6-29-7-5-18/h1-3,8,10-13,18,29H,4-7,9H2,(H,31,33). The number of hydrogen-bond acceptors (Lipinski definition) is 3. The van der Waals surface area contributed by atoms with Crippen molar-refractivity contribution in [3.63, 3.8) is 0 Å². The van der Waals surface area contributed by atoms with Crippen molar-refractivity contribution in [1.82, 2.24) is 15.1 Å². The average molecular weight is 464 g/mol. The number of anilines is 1. The third kappa shape index (κ3) is 5.39. The summed E-state index contributed by atoms with van der Waals surface area (Å²) in [5, 5.41) is 9.83. The van der Waals surface area contributed by atoms with Crippen molar-refractivity contribution in [2.45, 2.75) is 31.5 Å². The van der Waals surface area contributed by atoms with Crippen molar-refractivity contribution < 1.29 is 26.7 Å². The van der Waals surface area contributed by atoms with Crippen molar-refractivity contribution in [3.05, 3.63) is 71.6 Å². The van der Waals surface area contributed by atoms with Crippen LogP contribution in [0, 0.1) is 11.6 Å². The van der Waals surface area contributed by atoms with Gasteiger partial charge in [-0.25, -0.2) is 8.78 Å². The maximum absolute atomic E-state index is 14.7. The van der Waals surface area contributed by atoms with Gasteiger partial charge >= 0.3 is 6.18 Å². The Morgan fingerprint density at radius 3 is 2.48 bits per heavy atom. The first-order chi connectivity index (χ1) is 15.7. The molecule has 1 saturated heterocycles. The number of halogens is 5. The smallest absolute Gasteiger partial charge is 0.326 e. The second-order valence-corrected chi connectivity index (χ2v) is 7.93. The first-order valence-corrected chi connectivity index (χ1v) is 10.4. The van der Waals surface area contributed by atoms with Crippen LogP contribution >= 0.6 is 0 Å². The number of carbonyl (C=O) groups excluding carboxylic acids is 1. The SMILES string of the molecule is O=C(Cc1cccc(C(F)(F)F)c1)Nc1cc(F)c(-c2cnn(C3CCNCC3)c2)c(F)c1. The molecular formula is C23H21F5N4O. The third-order valence-electron chi connectivity index (χ3n) is 5.52. The largest absolute Gasteiger partial charge is 0.416 e. The molecule has 0 unspecified atom stereocenters. The van der Waals surface area contributed by atoms with E-state index in [1.807, 2.05) is 0 Å². The van der Waals surface area contributed by atoms with E-state index >= 15 is 0 Å². The zero-order valence-electron chi connectivity index (χ0n) is 17.4. The molecule has 0 bridgehead atoms. The van der Waals surface area contributed by atoms with Crippen molar-refractivity contribution in [2.75, 3.05) is 18.4 Å². The Balaban J connectivity index is 1.47. The van der Waals surface area contributed by atoms with Crippen LogP contribution in [0.1, 0.15) is 30.0 Å². The number of nitrogens with one attached hydrogen (secondary N) is 2. The van der Waals surface area contributed by atoms with E-state index < -0.39 is 29.3 Å². The van der Waals surface area contributed by atoms with E-state index in [0.717, 1.165) is 50.2 Å². The molecule has 5 nitrogen and oxygen atoms in total. The molecule has 1 amide bonds. The molecule has 0 radical (unpaired) electrons. The van der Waals surface area contributed by atoms with Gasteiger partial charge in [0, 0.05) is 17.4 Å². The number of carbonyl (C=O) groups is 1. The third-order valence-corrected chi connectivity index (χ3v) is 5.52. The minimum Gasteiger partial charge on any atom is -0.326 e. The van der Waals surface area contributed by atoms with E-state index in [2.05, 4.69) is 15.7 Å². The number of rotatable bonds is 5. The van der Waals surface area contributed by atoms with Gasteiger partial charge in [-0.3, -0.25) is 9.48 Å². The molecule has 33 heavy (non-hydrogen) atoms. The summed E-state index contributed by atoms with van der Waals surface area (Å²) >= 11 is 0. The average Bonchev–Trinajstić information content (AvgIpc) is 3.23. The van der Waals surface area contributed by atoms with Gasteiger partial charge in [0.1, 0.15) is 11.6 Å². The minimum absolute atomic E-state index is 0.128. The van der Waals surface area contributed by atoms with E-state index in [9.17, 15) is 26.7 Å². The highest BCUT2D eigenvalue weighted by Crippen LogP contribution is 2.31. The predicted molar refractivity (Wildman–Crippen MR) is 112 cm³/mol. The van der Waals surface area contributed by atoms with Gasteiger partial charge in [-0.2, -0.15) is 18.3 Å². The highest BCUT2D eigenvalue weighted by atomic mass is 19.4. The van der Waals surface area contributed by atoms with Crippen molar-refractivity contribution in [1.29, 1.82) is 0 Å². The van der Waals surface area contributed by atoms with E-state index in [1.54, 1.807) is 10.9 Å². The maximum atomic E-state index is 14.7. The highest BCUT2D eigenvalue weighted by molar-refractivity contribution is 5.92. The van der Waals surface area contributed by atoms with Crippen molar-refractivity contribution in [2.24, 2.45) is 0 Å². The number of piperidine rings is 1. The minimum atomic E-state index is -4.53. The number of alkyl halides is 3. The van der Waals surface area contributed by atoms with Crippen molar-refractivity contribution >= 4 is 11.6 Å². The zero-order valence-corrected chi connectivity index (χ0v) is 17.4. The Kier molecular flexibility index (Phi) is 6.46. The Labute approximate surface area is 186 Å². The highest BCUT2D eigenvalue weighted by Gasteiger charge is 2.30. The summed E-state index contributed by atoms with van der Waals surface area (Å²) in [6.45, 7) is 1.69. The number of benzene rings is 2. The Morgan fingerprint density at radius 2 is 1.82 bits per heavy atom. The Hall–Kier alpha value is -3.27. The van der Waals surface area contributed by atoms with Crippen LogP contribution in [0.15, 0.2) is 48.8 Å². The quantitative estimate of drug-likeness (QED) is 0.526. The lowest BCUT2D eigenvalue weighted by atomic mass is 10.1. The molecule has 0 atom stereocenters. The second kappa shape index (κ2) is 9.30. The van der Waals surface area contributed by atoms with Gasteiger partial charge in [-0.15, -0.1) is 0 Å². The van der Waals surface area contributed by atoms with Crippen LogP contribution in [0.2, 0.25) is 0 Å². The molecule has 4 rings (SSSR count). The lowest BCUT2D eigenvalue weighted by Crippen LogP contribution is -2.29. The molecule has 1 aromatic heterocycles. The van der Waals surface area contributed by atoms with Gasteiger partial charge in [0.2, 0.25) is 5.91 Å². The zero-order chi connectivity index (χ0) is 23.6. The van der Waals surface area contributed by atoms with Crippen LogP contribution in [0.4, 0.5) is 27.6 Å². The normalized spacial score (nSPS) is 14.9. The fourth-order valence-corrected chi connectivity index (χ4v) is 3.91. The summed E-state index contributed by atoms with van der Waals surface area (Å²) < 4.78 is 69.7. The monoisotopic (exact) mass is 464 g/mol. The lowest BCUT2D eigenvalue weighted by Gasteiger charge is -2.22. The van der Waals surface area contributed by atoms with Gasteiger partial charge in [0.25, 0.3) is 0 Å². The molecule has 1 fully saturated rings. The lowest BCUT2D eigenvalue weighted by molar-refractivity contribution is -0.137. The molecule has 10 heteroatoms. The van der Waals surface area contributed by atoms with E-state index in [0.29, 0.717) is 0 Å². The molecule has 2 heterocycles. The number of amides is 1. The molecule has 1 aliphatic rings. The molecule has 2 N–H and O–H groups in total. The molecule has 1 aliphatic heterocycles. The molecule has 3 aromatic rings. The first kappa shape index (κ1) is 22.9. The molecule has 174 valence electrons. The number of hydrogen-bond donors (Lipinski definition) is 2. The summed E-state index contributed by atoms with van der Waals surface area (Å²) in [5.74, 6) is -2.46. The Morgan fingerprint density at radius 1 is 1.12 bits per heavy atom. The summed E-state index contributed by atoms with van der Waals surface area (Å²) in [4.78, 5) is 12.2. The summed E-state index contributed by atoms with van der Waals surface area (Å²) in [5.41, 5.74) is -0.850. The molecule has 0 saturated carbocycles.